The summed E-state index contributed by atoms with van der Waals surface area (Å²) in [6.45, 7) is 0.909. The summed E-state index contributed by atoms with van der Waals surface area (Å²) in [6, 6.07) is 9.89. The van der Waals surface area contributed by atoms with Gasteiger partial charge in [0.1, 0.15) is 6.61 Å². The van der Waals surface area contributed by atoms with Gasteiger partial charge in [-0.3, -0.25) is 4.90 Å². The third-order valence-electron chi connectivity index (χ3n) is 2.84. The van der Waals surface area contributed by atoms with Crippen molar-refractivity contribution in [3.8, 4) is 0 Å². The minimum absolute atomic E-state index is 0.00574. The fourth-order valence-electron chi connectivity index (χ4n) is 2.09. The van der Waals surface area contributed by atoms with Crippen LogP contribution in [0.4, 0.5) is 4.79 Å². The summed E-state index contributed by atoms with van der Waals surface area (Å²) in [5, 5.41) is 0. The monoisotopic (exact) mass is 205 g/mol. The van der Waals surface area contributed by atoms with Crippen LogP contribution in [0.15, 0.2) is 30.3 Å². The van der Waals surface area contributed by atoms with Crippen molar-refractivity contribution in [2.24, 2.45) is 0 Å². The van der Waals surface area contributed by atoms with Gasteiger partial charge >= 0.3 is 6.09 Å². The number of hydrogen-bond acceptors (Lipinski definition) is 3. The van der Waals surface area contributed by atoms with Gasteiger partial charge in [-0.25, -0.2) is 4.79 Å². The summed E-state index contributed by atoms with van der Waals surface area (Å²) in [4.78, 5) is 13.1. The molecule has 0 saturated carbocycles. The molecule has 0 aromatic heterocycles. The summed E-state index contributed by atoms with van der Waals surface area (Å²) in [5.41, 5.74) is 1.10. The van der Waals surface area contributed by atoms with Crippen LogP contribution in [0.3, 0.4) is 0 Å². The molecule has 1 aromatic carbocycles. The van der Waals surface area contributed by atoms with Gasteiger partial charge in [0.15, 0.2) is 6.23 Å². The average molecular weight is 205 g/mol. The topological polar surface area (TPSA) is 38.8 Å². The summed E-state index contributed by atoms with van der Waals surface area (Å²) in [5.74, 6) is 0. The lowest BCUT2D eigenvalue weighted by molar-refractivity contribution is 0.0600. The summed E-state index contributed by atoms with van der Waals surface area (Å²) in [6.07, 6.45) is -0.464. The molecule has 0 N–H and O–H groups in total. The maximum atomic E-state index is 11.5. The highest BCUT2D eigenvalue weighted by molar-refractivity contribution is 5.71. The van der Waals surface area contributed by atoms with Crippen LogP contribution in [0, 0.1) is 0 Å². The molecule has 78 valence electrons. The first-order valence-corrected chi connectivity index (χ1v) is 4.98. The van der Waals surface area contributed by atoms with E-state index in [1.54, 1.807) is 4.90 Å². The molecule has 1 amide bonds. The van der Waals surface area contributed by atoms with E-state index in [1.165, 1.54) is 0 Å². The van der Waals surface area contributed by atoms with Crippen molar-refractivity contribution in [3.63, 3.8) is 0 Å². The van der Waals surface area contributed by atoms with Gasteiger partial charge in [-0.15, -0.1) is 0 Å². The highest BCUT2D eigenvalue weighted by Gasteiger charge is 2.44. The zero-order valence-corrected chi connectivity index (χ0v) is 8.13. The number of amides is 1. The molecule has 0 bridgehead atoms. The first-order valence-electron chi connectivity index (χ1n) is 4.98. The Kier molecular flexibility index (Phi) is 1.89. The Hall–Kier alpha value is -1.55. The first kappa shape index (κ1) is 8.73. The van der Waals surface area contributed by atoms with Gasteiger partial charge in [-0.1, -0.05) is 30.3 Å². The zero-order valence-electron chi connectivity index (χ0n) is 8.13. The maximum Gasteiger partial charge on any atom is 0.412 e. The molecule has 0 aliphatic carbocycles. The number of carbonyl (C=O) groups is 1. The lowest BCUT2D eigenvalue weighted by atomic mass is 10.1. The van der Waals surface area contributed by atoms with Crippen LogP contribution >= 0.6 is 0 Å². The van der Waals surface area contributed by atoms with E-state index >= 15 is 0 Å². The van der Waals surface area contributed by atoms with E-state index in [0.29, 0.717) is 13.2 Å². The van der Waals surface area contributed by atoms with Crippen LogP contribution in [-0.2, 0) is 9.47 Å². The smallest absolute Gasteiger partial charge is 0.412 e. The molecule has 4 nitrogen and oxygen atoms in total. The zero-order chi connectivity index (χ0) is 10.3. The van der Waals surface area contributed by atoms with Crippen LogP contribution < -0.4 is 0 Å². The van der Waals surface area contributed by atoms with Gasteiger partial charge in [0.2, 0.25) is 0 Å². The number of fused-ring (bicyclic) bond motifs is 1. The van der Waals surface area contributed by atoms with Gasteiger partial charge in [0.25, 0.3) is 0 Å². The number of ether oxygens (including phenoxy) is 2. The Morgan fingerprint density at radius 2 is 2.00 bits per heavy atom. The first-order chi connectivity index (χ1) is 7.36. The normalized spacial score (nSPS) is 29.1. The molecule has 3 rings (SSSR count). The SMILES string of the molecule is O=C1OC[C@@H]2OC[C@@H](c3ccccc3)N12. The van der Waals surface area contributed by atoms with Crippen molar-refractivity contribution >= 4 is 6.09 Å². The quantitative estimate of drug-likeness (QED) is 0.698. The second-order valence-corrected chi connectivity index (χ2v) is 3.70. The number of benzene rings is 1. The highest BCUT2D eigenvalue weighted by atomic mass is 16.6. The van der Waals surface area contributed by atoms with Crippen LogP contribution in [-0.4, -0.2) is 30.4 Å². The molecule has 2 fully saturated rings. The number of cyclic esters (lactones) is 1. The van der Waals surface area contributed by atoms with E-state index < -0.39 is 0 Å². The molecule has 1 aromatic rings. The van der Waals surface area contributed by atoms with Crippen molar-refractivity contribution in [3.05, 3.63) is 35.9 Å². The van der Waals surface area contributed by atoms with E-state index in [4.69, 9.17) is 9.47 Å². The van der Waals surface area contributed by atoms with E-state index in [0.717, 1.165) is 5.56 Å². The second-order valence-electron chi connectivity index (χ2n) is 3.70. The van der Waals surface area contributed by atoms with Crippen molar-refractivity contribution in [2.75, 3.05) is 13.2 Å². The minimum Gasteiger partial charge on any atom is -0.445 e. The Balaban J connectivity index is 1.92. The number of rotatable bonds is 1. The average Bonchev–Trinajstić information content (AvgIpc) is 2.84. The number of carbonyl (C=O) groups excluding carboxylic acids is 1. The number of hydrogen-bond donors (Lipinski definition) is 0. The van der Waals surface area contributed by atoms with Gasteiger partial charge in [0, 0.05) is 0 Å². The van der Waals surface area contributed by atoms with Crippen LogP contribution in [0.2, 0.25) is 0 Å². The fourth-order valence-corrected chi connectivity index (χ4v) is 2.09. The Morgan fingerprint density at radius 1 is 1.20 bits per heavy atom. The summed E-state index contributed by atoms with van der Waals surface area (Å²) in [7, 11) is 0. The Labute approximate surface area is 87.4 Å². The highest BCUT2D eigenvalue weighted by Crippen LogP contribution is 2.33. The molecule has 2 atom stereocenters. The maximum absolute atomic E-state index is 11.5. The standard InChI is InChI=1S/C11H11NO3/c13-11-12-9(6-14-10(12)7-15-11)8-4-2-1-3-5-8/h1-5,9-10H,6-7H2/t9-,10-/m0/s1. The van der Waals surface area contributed by atoms with E-state index in [2.05, 4.69) is 0 Å². The largest absolute Gasteiger partial charge is 0.445 e. The molecule has 2 heterocycles. The molecule has 0 spiro atoms. The van der Waals surface area contributed by atoms with Crippen molar-refractivity contribution in [1.29, 1.82) is 0 Å². The van der Waals surface area contributed by atoms with Crippen molar-refractivity contribution in [1.82, 2.24) is 4.90 Å². The third kappa shape index (κ3) is 1.29. The van der Waals surface area contributed by atoms with Crippen LogP contribution in [0.25, 0.3) is 0 Å². The van der Waals surface area contributed by atoms with Gasteiger partial charge in [-0.05, 0) is 5.56 Å². The third-order valence-corrected chi connectivity index (χ3v) is 2.84. The Morgan fingerprint density at radius 3 is 2.80 bits per heavy atom. The summed E-state index contributed by atoms with van der Waals surface area (Å²) >= 11 is 0. The van der Waals surface area contributed by atoms with Gasteiger partial charge in [-0.2, -0.15) is 0 Å². The van der Waals surface area contributed by atoms with Crippen LogP contribution in [0.5, 0.6) is 0 Å². The fraction of sp³-hybridized carbons (Fsp3) is 0.364. The molecule has 2 aliphatic rings. The van der Waals surface area contributed by atoms with E-state index in [1.807, 2.05) is 30.3 Å². The molecule has 0 unspecified atom stereocenters. The lowest BCUT2D eigenvalue weighted by Gasteiger charge is -2.18. The van der Waals surface area contributed by atoms with E-state index in [-0.39, 0.29) is 18.4 Å². The molecular formula is C11H11NO3. The predicted octanol–water partition coefficient (Wildman–Crippen LogP) is 1.54. The lowest BCUT2D eigenvalue weighted by Crippen LogP contribution is -2.30. The van der Waals surface area contributed by atoms with Crippen molar-refractivity contribution < 1.29 is 14.3 Å². The molecule has 15 heavy (non-hydrogen) atoms. The molecule has 4 heteroatoms. The van der Waals surface area contributed by atoms with Crippen LogP contribution in [0.1, 0.15) is 11.6 Å². The second kappa shape index (κ2) is 3.24. The minimum atomic E-state index is -0.272. The summed E-state index contributed by atoms with van der Waals surface area (Å²) < 4.78 is 10.4. The Bertz CT molecular complexity index is 379. The molecule has 0 radical (unpaired) electrons. The predicted molar refractivity (Wildman–Crippen MR) is 52.1 cm³/mol. The molecule has 2 saturated heterocycles. The molecule has 2 aliphatic heterocycles. The number of nitrogens with zero attached hydrogens (tertiary/aromatic N) is 1. The van der Waals surface area contributed by atoms with Crippen molar-refractivity contribution in [2.45, 2.75) is 12.3 Å². The molecular weight excluding hydrogens is 194 g/mol. The van der Waals surface area contributed by atoms with Gasteiger partial charge in [0.05, 0.1) is 12.6 Å². The van der Waals surface area contributed by atoms with Gasteiger partial charge < -0.3 is 9.47 Å². The van der Waals surface area contributed by atoms with E-state index in [9.17, 15) is 4.79 Å².